The molecule has 0 spiro atoms. The molecule has 2 aliphatic heterocycles. The number of fused-ring (bicyclic) bond motifs is 2. The van der Waals surface area contributed by atoms with Crippen molar-refractivity contribution in [2.75, 3.05) is 11.9 Å². The number of aliphatic hydroxyl groups is 1. The Hall–Kier alpha value is -2.27. The number of aromatic nitrogens is 3. The second-order valence-corrected chi connectivity index (χ2v) is 6.44. The highest BCUT2D eigenvalue weighted by molar-refractivity contribution is 5.87. The SMILES string of the molecule is CC1(C)O[C@@H]2[C@H](O1)[C@@H](CO)O[C@H]2c1ccc2c(NC(=O)O)ncnn12. The van der Waals surface area contributed by atoms with Crippen molar-refractivity contribution in [2.45, 2.75) is 44.1 Å². The van der Waals surface area contributed by atoms with Crippen LogP contribution in [0.4, 0.5) is 10.6 Å². The fraction of sp³-hybridized carbons (Fsp3) is 0.533. The van der Waals surface area contributed by atoms with Crippen molar-refractivity contribution in [1.29, 1.82) is 0 Å². The van der Waals surface area contributed by atoms with Crippen molar-refractivity contribution in [3.8, 4) is 0 Å². The van der Waals surface area contributed by atoms with Crippen LogP contribution in [0.5, 0.6) is 0 Å². The number of hydrogen-bond donors (Lipinski definition) is 3. The first-order valence-electron chi connectivity index (χ1n) is 7.84. The van der Waals surface area contributed by atoms with Crippen molar-refractivity contribution >= 4 is 17.4 Å². The summed E-state index contributed by atoms with van der Waals surface area (Å²) in [5.41, 5.74) is 1.16. The van der Waals surface area contributed by atoms with Crippen LogP contribution in [0.2, 0.25) is 0 Å². The highest BCUT2D eigenvalue weighted by atomic mass is 16.8. The molecule has 2 aromatic rings. The van der Waals surface area contributed by atoms with Gasteiger partial charge in [0.1, 0.15) is 36.3 Å². The van der Waals surface area contributed by atoms with Crippen molar-refractivity contribution in [1.82, 2.24) is 14.6 Å². The molecule has 2 aliphatic rings. The zero-order valence-electron chi connectivity index (χ0n) is 13.6. The summed E-state index contributed by atoms with van der Waals surface area (Å²) in [6.45, 7) is 3.43. The van der Waals surface area contributed by atoms with Crippen molar-refractivity contribution in [2.24, 2.45) is 0 Å². The largest absolute Gasteiger partial charge is 0.465 e. The maximum absolute atomic E-state index is 10.9. The third-order valence-electron chi connectivity index (χ3n) is 4.33. The van der Waals surface area contributed by atoms with Gasteiger partial charge in [-0.3, -0.25) is 5.32 Å². The van der Waals surface area contributed by atoms with Crippen LogP contribution in [0.15, 0.2) is 18.5 Å². The number of aliphatic hydroxyl groups excluding tert-OH is 1. The van der Waals surface area contributed by atoms with E-state index in [0.717, 1.165) is 0 Å². The molecule has 25 heavy (non-hydrogen) atoms. The summed E-state index contributed by atoms with van der Waals surface area (Å²) < 4.78 is 19.3. The Balaban J connectivity index is 1.73. The van der Waals surface area contributed by atoms with Crippen LogP contribution in [0.3, 0.4) is 0 Å². The molecule has 4 atom stereocenters. The molecule has 2 saturated heterocycles. The van der Waals surface area contributed by atoms with Gasteiger partial charge in [-0.2, -0.15) is 5.10 Å². The molecule has 0 saturated carbocycles. The summed E-state index contributed by atoms with van der Waals surface area (Å²) in [6.07, 6.45) is -1.78. The summed E-state index contributed by atoms with van der Waals surface area (Å²) in [5.74, 6) is -0.603. The van der Waals surface area contributed by atoms with E-state index in [2.05, 4.69) is 15.4 Å². The van der Waals surface area contributed by atoms with E-state index < -0.39 is 36.3 Å². The number of amides is 1. The molecule has 3 N–H and O–H groups in total. The number of rotatable bonds is 3. The maximum atomic E-state index is 10.9. The fourth-order valence-electron chi connectivity index (χ4n) is 3.43. The van der Waals surface area contributed by atoms with E-state index >= 15 is 0 Å². The van der Waals surface area contributed by atoms with Gasteiger partial charge in [-0.25, -0.2) is 14.3 Å². The average Bonchev–Trinajstić information content (AvgIpc) is 3.17. The van der Waals surface area contributed by atoms with Gasteiger partial charge in [0.25, 0.3) is 0 Å². The van der Waals surface area contributed by atoms with E-state index in [0.29, 0.717) is 11.2 Å². The Bertz CT molecular complexity index is 821. The second kappa shape index (κ2) is 5.63. The number of nitrogens with zero attached hydrogens (tertiary/aromatic N) is 3. The summed E-state index contributed by atoms with van der Waals surface area (Å²) in [5, 5.41) is 24.9. The van der Waals surface area contributed by atoms with Crippen LogP contribution in [0.25, 0.3) is 5.52 Å². The smallest absolute Gasteiger partial charge is 0.410 e. The number of hydrogen-bond acceptors (Lipinski definition) is 7. The minimum Gasteiger partial charge on any atom is -0.465 e. The Morgan fingerprint density at radius 2 is 2.12 bits per heavy atom. The standard InChI is InChI=1S/C15H18N4O6/c1-15(2)24-11-9(5-20)23-10(12(11)25-15)7-3-4-8-13(18-14(21)22)16-6-17-19(7)8/h3-4,6,9-12,20H,5H2,1-2H3,(H,21,22)(H,16,17,18)/t9-,10+,11-,12+/m1/s1. The molecule has 10 nitrogen and oxygen atoms in total. The Morgan fingerprint density at radius 1 is 1.36 bits per heavy atom. The number of nitrogens with one attached hydrogen (secondary N) is 1. The highest BCUT2D eigenvalue weighted by Crippen LogP contribution is 2.45. The Morgan fingerprint density at radius 3 is 2.84 bits per heavy atom. The normalized spacial score (nSPS) is 30.5. The van der Waals surface area contributed by atoms with Gasteiger partial charge >= 0.3 is 6.09 Å². The molecule has 0 radical (unpaired) electrons. The molecular formula is C15H18N4O6. The number of carboxylic acid groups (broad SMARTS) is 1. The Kier molecular flexibility index (Phi) is 3.65. The van der Waals surface area contributed by atoms with Crippen molar-refractivity contribution in [3.63, 3.8) is 0 Å². The van der Waals surface area contributed by atoms with Crippen LogP contribution in [0, 0.1) is 0 Å². The zero-order chi connectivity index (χ0) is 17.8. The molecule has 2 aromatic heterocycles. The molecule has 2 fully saturated rings. The molecule has 1 amide bonds. The predicted molar refractivity (Wildman–Crippen MR) is 83.2 cm³/mol. The van der Waals surface area contributed by atoms with Gasteiger partial charge in [-0.05, 0) is 26.0 Å². The van der Waals surface area contributed by atoms with Gasteiger partial charge in [0, 0.05) is 0 Å². The molecule has 134 valence electrons. The molecule has 0 aromatic carbocycles. The maximum Gasteiger partial charge on any atom is 0.410 e. The third-order valence-corrected chi connectivity index (χ3v) is 4.33. The van der Waals surface area contributed by atoms with E-state index in [1.807, 2.05) is 13.8 Å². The number of carbonyl (C=O) groups is 1. The quantitative estimate of drug-likeness (QED) is 0.741. The lowest BCUT2D eigenvalue weighted by molar-refractivity contribution is -0.191. The van der Waals surface area contributed by atoms with E-state index in [1.54, 1.807) is 16.6 Å². The van der Waals surface area contributed by atoms with Crippen LogP contribution in [-0.4, -0.2) is 61.6 Å². The van der Waals surface area contributed by atoms with E-state index in [9.17, 15) is 9.90 Å². The van der Waals surface area contributed by atoms with E-state index in [4.69, 9.17) is 19.3 Å². The van der Waals surface area contributed by atoms with Crippen LogP contribution >= 0.6 is 0 Å². The van der Waals surface area contributed by atoms with Gasteiger partial charge in [0.05, 0.1) is 12.3 Å². The number of ether oxygens (including phenoxy) is 3. The van der Waals surface area contributed by atoms with Gasteiger partial charge in [-0.1, -0.05) is 0 Å². The molecule has 4 rings (SSSR count). The topological polar surface area (TPSA) is 127 Å². The van der Waals surface area contributed by atoms with Gasteiger partial charge in [0.15, 0.2) is 11.6 Å². The lowest BCUT2D eigenvalue weighted by Crippen LogP contribution is -2.31. The Labute approximate surface area is 142 Å². The molecule has 0 aliphatic carbocycles. The van der Waals surface area contributed by atoms with Crippen molar-refractivity contribution < 1.29 is 29.2 Å². The number of anilines is 1. The molecule has 4 heterocycles. The van der Waals surface area contributed by atoms with E-state index in [-0.39, 0.29) is 12.4 Å². The first kappa shape index (κ1) is 16.2. The fourth-order valence-corrected chi connectivity index (χ4v) is 3.43. The first-order valence-corrected chi connectivity index (χ1v) is 7.84. The average molecular weight is 350 g/mol. The van der Waals surface area contributed by atoms with Crippen LogP contribution < -0.4 is 5.32 Å². The summed E-state index contributed by atoms with van der Waals surface area (Å²) >= 11 is 0. The second-order valence-electron chi connectivity index (χ2n) is 6.44. The molecule has 0 unspecified atom stereocenters. The van der Waals surface area contributed by atoms with Gasteiger partial charge in [0.2, 0.25) is 0 Å². The van der Waals surface area contributed by atoms with E-state index in [1.165, 1.54) is 6.33 Å². The zero-order valence-corrected chi connectivity index (χ0v) is 13.6. The van der Waals surface area contributed by atoms with Gasteiger partial charge < -0.3 is 24.4 Å². The minimum absolute atomic E-state index is 0.172. The summed E-state index contributed by atoms with van der Waals surface area (Å²) in [4.78, 5) is 14.9. The van der Waals surface area contributed by atoms with Gasteiger partial charge in [-0.15, -0.1) is 0 Å². The van der Waals surface area contributed by atoms with Crippen LogP contribution in [0.1, 0.15) is 25.6 Å². The predicted octanol–water partition coefficient (Wildman–Crippen LogP) is 0.771. The lowest BCUT2D eigenvalue weighted by Gasteiger charge is -2.23. The minimum atomic E-state index is -1.21. The summed E-state index contributed by atoms with van der Waals surface area (Å²) in [7, 11) is 0. The lowest BCUT2D eigenvalue weighted by atomic mass is 10.1. The third kappa shape index (κ3) is 2.63. The first-order chi connectivity index (χ1) is 11.9. The molecule has 10 heteroatoms. The molecular weight excluding hydrogens is 332 g/mol. The van der Waals surface area contributed by atoms with Crippen molar-refractivity contribution in [3.05, 3.63) is 24.2 Å². The van der Waals surface area contributed by atoms with Crippen LogP contribution in [-0.2, 0) is 14.2 Å². The highest BCUT2D eigenvalue weighted by Gasteiger charge is 2.56. The molecule has 0 bridgehead atoms. The summed E-state index contributed by atoms with van der Waals surface area (Å²) in [6, 6.07) is 3.47. The monoisotopic (exact) mass is 350 g/mol.